The zero-order valence-corrected chi connectivity index (χ0v) is 9.78. The molecule has 0 amide bonds. The Balaban J connectivity index is 2.54. The minimum Gasteiger partial charge on any atom is -0.373 e. The first-order valence-corrected chi connectivity index (χ1v) is 5.28. The number of para-hydroxylation sites is 1. The summed E-state index contributed by atoms with van der Waals surface area (Å²) in [6, 6.07) is 10.2. The van der Waals surface area contributed by atoms with E-state index in [4.69, 9.17) is 0 Å². The van der Waals surface area contributed by atoms with Gasteiger partial charge in [0.15, 0.2) is 0 Å². The summed E-state index contributed by atoms with van der Waals surface area (Å²) in [4.78, 5) is 0. The molecular formula is C12H16N4. The number of hydrogen-bond acceptors (Lipinski definition) is 3. The van der Waals surface area contributed by atoms with Gasteiger partial charge in [0.1, 0.15) is 11.6 Å². The van der Waals surface area contributed by atoms with Gasteiger partial charge in [-0.15, -0.1) is 5.10 Å². The smallest absolute Gasteiger partial charge is 0.150 e. The number of rotatable bonds is 3. The summed E-state index contributed by atoms with van der Waals surface area (Å²) < 4.78 is 1.90. The van der Waals surface area contributed by atoms with E-state index in [9.17, 15) is 0 Å². The molecule has 84 valence electrons. The van der Waals surface area contributed by atoms with E-state index in [0.717, 1.165) is 17.3 Å². The summed E-state index contributed by atoms with van der Waals surface area (Å²) in [5.74, 6) is 1.83. The van der Waals surface area contributed by atoms with Crippen molar-refractivity contribution in [3.05, 3.63) is 35.9 Å². The van der Waals surface area contributed by atoms with Crippen molar-refractivity contribution in [2.24, 2.45) is 0 Å². The van der Waals surface area contributed by atoms with Gasteiger partial charge in [-0.05, 0) is 18.6 Å². The van der Waals surface area contributed by atoms with Crippen LogP contribution in [0.1, 0.15) is 5.56 Å². The quantitative estimate of drug-likeness (QED) is 0.827. The van der Waals surface area contributed by atoms with Crippen molar-refractivity contribution in [1.82, 2.24) is 9.78 Å². The van der Waals surface area contributed by atoms with Crippen molar-refractivity contribution >= 4 is 11.6 Å². The van der Waals surface area contributed by atoms with E-state index in [1.807, 2.05) is 37.0 Å². The van der Waals surface area contributed by atoms with Crippen LogP contribution in [0.25, 0.3) is 5.69 Å². The number of hydrogen-bond donors (Lipinski definition) is 2. The van der Waals surface area contributed by atoms with Gasteiger partial charge in [0.25, 0.3) is 0 Å². The average Bonchev–Trinajstić information content (AvgIpc) is 2.72. The second-order valence-corrected chi connectivity index (χ2v) is 3.61. The number of aromatic nitrogens is 2. The van der Waals surface area contributed by atoms with Crippen molar-refractivity contribution in [2.75, 3.05) is 24.7 Å². The van der Waals surface area contributed by atoms with E-state index >= 15 is 0 Å². The molecule has 4 heteroatoms. The molecule has 0 aliphatic carbocycles. The molecule has 0 unspecified atom stereocenters. The molecule has 1 aromatic carbocycles. The van der Waals surface area contributed by atoms with E-state index in [0.29, 0.717) is 0 Å². The van der Waals surface area contributed by atoms with E-state index < -0.39 is 0 Å². The van der Waals surface area contributed by atoms with E-state index in [1.165, 1.54) is 5.56 Å². The lowest BCUT2D eigenvalue weighted by atomic mass is 10.2. The van der Waals surface area contributed by atoms with Gasteiger partial charge in [-0.2, -0.15) is 0 Å². The van der Waals surface area contributed by atoms with Crippen LogP contribution in [0.3, 0.4) is 0 Å². The summed E-state index contributed by atoms with van der Waals surface area (Å²) >= 11 is 0. The first-order valence-electron chi connectivity index (χ1n) is 5.28. The van der Waals surface area contributed by atoms with E-state index in [1.54, 1.807) is 0 Å². The number of nitrogens with zero attached hydrogens (tertiary/aromatic N) is 2. The Hall–Kier alpha value is -1.97. The van der Waals surface area contributed by atoms with Gasteiger partial charge in [-0.25, -0.2) is 4.68 Å². The second kappa shape index (κ2) is 4.26. The molecule has 0 spiro atoms. The summed E-state index contributed by atoms with van der Waals surface area (Å²) in [7, 11) is 3.76. The monoisotopic (exact) mass is 216 g/mol. The highest BCUT2D eigenvalue weighted by molar-refractivity contribution is 5.54. The van der Waals surface area contributed by atoms with Crippen LogP contribution in [0.2, 0.25) is 0 Å². The molecule has 2 aromatic rings. The number of nitrogens with one attached hydrogen (secondary N) is 2. The minimum atomic E-state index is 0.854. The number of anilines is 2. The van der Waals surface area contributed by atoms with Gasteiger partial charge >= 0.3 is 0 Å². The molecule has 0 saturated carbocycles. The third kappa shape index (κ3) is 1.74. The molecule has 0 aliphatic heterocycles. The van der Waals surface area contributed by atoms with Gasteiger partial charge in [0.05, 0.1) is 5.69 Å². The summed E-state index contributed by atoms with van der Waals surface area (Å²) in [5, 5.41) is 10.6. The molecule has 4 nitrogen and oxygen atoms in total. The fourth-order valence-corrected chi connectivity index (χ4v) is 1.67. The molecule has 0 aliphatic rings. The maximum absolute atomic E-state index is 4.47. The number of aryl methyl sites for hydroxylation is 1. The van der Waals surface area contributed by atoms with Crippen LogP contribution in [-0.2, 0) is 0 Å². The molecule has 2 N–H and O–H groups in total. The first kappa shape index (κ1) is 10.5. The molecule has 0 bridgehead atoms. The van der Waals surface area contributed by atoms with Crippen LogP contribution in [-0.4, -0.2) is 23.9 Å². The summed E-state index contributed by atoms with van der Waals surface area (Å²) in [5.41, 5.74) is 2.29. The average molecular weight is 216 g/mol. The Morgan fingerprint density at radius 2 is 1.88 bits per heavy atom. The molecule has 0 atom stereocenters. The van der Waals surface area contributed by atoms with Crippen LogP contribution in [0.15, 0.2) is 30.3 Å². The predicted octanol–water partition coefficient (Wildman–Crippen LogP) is 2.26. The standard InChI is InChI=1S/C12H16N4/c1-9-6-4-5-7-10(9)16-12(14-3)8-11(13-2)15-16/h4-8,14H,1-3H3,(H,13,15). The third-order valence-corrected chi connectivity index (χ3v) is 2.57. The lowest BCUT2D eigenvalue weighted by molar-refractivity contribution is 0.880. The lowest BCUT2D eigenvalue weighted by Gasteiger charge is -2.08. The van der Waals surface area contributed by atoms with E-state index in [-0.39, 0.29) is 0 Å². The van der Waals surface area contributed by atoms with E-state index in [2.05, 4.69) is 34.8 Å². The van der Waals surface area contributed by atoms with Crippen molar-refractivity contribution in [2.45, 2.75) is 6.92 Å². The topological polar surface area (TPSA) is 41.9 Å². The van der Waals surface area contributed by atoms with Crippen LogP contribution in [0, 0.1) is 6.92 Å². The minimum absolute atomic E-state index is 0.854. The van der Waals surface area contributed by atoms with Crippen molar-refractivity contribution in [3.63, 3.8) is 0 Å². The Morgan fingerprint density at radius 3 is 2.50 bits per heavy atom. The van der Waals surface area contributed by atoms with Gasteiger partial charge in [-0.3, -0.25) is 0 Å². The molecule has 2 rings (SSSR count). The van der Waals surface area contributed by atoms with Gasteiger partial charge in [0, 0.05) is 20.2 Å². The summed E-state index contributed by atoms with van der Waals surface area (Å²) in [6.45, 7) is 2.08. The Labute approximate surface area is 95.3 Å². The summed E-state index contributed by atoms with van der Waals surface area (Å²) in [6.07, 6.45) is 0. The fourth-order valence-electron chi connectivity index (χ4n) is 1.67. The highest BCUT2D eigenvalue weighted by atomic mass is 15.4. The molecule has 16 heavy (non-hydrogen) atoms. The lowest BCUT2D eigenvalue weighted by Crippen LogP contribution is -2.04. The highest BCUT2D eigenvalue weighted by Gasteiger charge is 2.08. The normalized spacial score (nSPS) is 10.2. The van der Waals surface area contributed by atoms with Crippen LogP contribution in [0.4, 0.5) is 11.6 Å². The molecule has 0 radical (unpaired) electrons. The van der Waals surface area contributed by atoms with Gasteiger partial charge in [0.2, 0.25) is 0 Å². The van der Waals surface area contributed by atoms with Crippen molar-refractivity contribution in [3.8, 4) is 5.69 Å². The third-order valence-electron chi connectivity index (χ3n) is 2.57. The maximum Gasteiger partial charge on any atom is 0.150 e. The molecule has 0 fully saturated rings. The molecule has 0 saturated heterocycles. The molecule has 1 heterocycles. The first-order chi connectivity index (χ1) is 7.76. The van der Waals surface area contributed by atoms with Crippen molar-refractivity contribution in [1.29, 1.82) is 0 Å². The zero-order chi connectivity index (χ0) is 11.5. The maximum atomic E-state index is 4.47. The van der Waals surface area contributed by atoms with Crippen LogP contribution >= 0.6 is 0 Å². The number of benzene rings is 1. The molecular weight excluding hydrogens is 200 g/mol. The Kier molecular flexibility index (Phi) is 2.81. The van der Waals surface area contributed by atoms with Gasteiger partial charge in [-0.1, -0.05) is 18.2 Å². The SMILES string of the molecule is CNc1cc(NC)n(-c2ccccc2C)n1. The molecule has 1 aromatic heterocycles. The Morgan fingerprint density at radius 1 is 1.12 bits per heavy atom. The fraction of sp³-hybridized carbons (Fsp3) is 0.250. The van der Waals surface area contributed by atoms with Crippen LogP contribution < -0.4 is 10.6 Å². The highest BCUT2D eigenvalue weighted by Crippen LogP contribution is 2.21. The second-order valence-electron chi connectivity index (χ2n) is 3.61. The largest absolute Gasteiger partial charge is 0.373 e. The van der Waals surface area contributed by atoms with Crippen molar-refractivity contribution < 1.29 is 0 Å². The van der Waals surface area contributed by atoms with Crippen LogP contribution in [0.5, 0.6) is 0 Å². The zero-order valence-electron chi connectivity index (χ0n) is 9.78. The Bertz CT molecular complexity index is 488. The van der Waals surface area contributed by atoms with Gasteiger partial charge < -0.3 is 10.6 Å². The predicted molar refractivity (Wildman–Crippen MR) is 67.4 cm³/mol.